The Labute approximate surface area is 82.0 Å². The molecule has 0 atom stereocenters. The lowest BCUT2D eigenvalue weighted by molar-refractivity contribution is 0.442. The first-order valence-corrected chi connectivity index (χ1v) is 4.99. The van der Waals surface area contributed by atoms with Crippen LogP contribution in [0.5, 0.6) is 0 Å². The minimum absolute atomic E-state index is 0.130. The van der Waals surface area contributed by atoms with Gasteiger partial charge < -0.3 is 0 Å². The Kier molecular flexibility index (Phi) is 2.47. The van der Waals surface area contributed by atoms with E-state index in [9.17, 15) is 4.79 Å². The van der Waals surface area contributed by atoms with Crippen molar-refractivity contribution >= 4 is 6.20 Å². The van der Waals surface area contributed by atoms with Crippen LogP contribution in [0.1, 0.15) is 38.6 Å². The van der Waals surface area contributed by atoms with Crippen molar-refractivity contribution in [3.63, 3.8) is 0 Å². The molecule has 0 aliphatic heterocycles. The number of nitrogens with zero attached hydrogens (tertiary/aromatic N) is 4. The summed E-state index contributed by atoms with van der Waals surface area (Å²) >= 11 is 0. The van der Waals surface area contributed by atoms with Gasteiger partial charge >= 0.3 is 5.69 Å². The fourth-order valence-corrected chi connectivity index (χ4v) is 1.88. The number of allylic oxidation sites excluding steroid dienone is 1. The predicted molar refractivity (Wildman–Crippen MR) is 52.8 cm³/mol. The zero-order valence-corrected chi connectivity index (χ0v) is 8.26. The van der Waals surface area contributed by atoms with Gasteiger partial charge in [0.25, 0.3) is 0 Å². The monoisotopic (exact) mass is 194 g/mol. The van der Waals surface area contributed by atoms with E-state index >= 15 is 0 Å². The highest BCUT2D eigenvalue weighted by Gasteiger charge is 2.20. The summed E-state index contributed by atoms with van der Waals surface area (Å²) in [5, 5.41) is 7.66. The maximum absolute atomic E-state index is 11.7. The lowest BCUT2D eigenvalue weighted by Gasteiger charge is -2.04. The van der Waals surface area contributed by atoms with E-state index in [1.807, 2.05) is 6.92 Å². The summed E-state index contributed by atoms with van der Waals surface area (Å²) in [6.07, 6.45) is 7.87. The van der Waals surface area contributed by atoms with Gasteiger partial charge in [-0.3, -0.25) is 0 Å². The summed E-state index contributed by atoms with van der Waals surface area (Å²) in [5.41, 5.74) is -0.130. The highest BCUT2D eigenvalue weighted by molar-refractivity contribution is 5.16. The minimum atomic E-state index is -0.130. The van der Waals surface area contributed by atoms with Gasteiger partial charge in [0.15, 0.2) is 0 Å². The molecule has 5 heteroatoms. The Bertz CT molecular complexity index is 384. The Hall–Kier alpha value is -1.39. The molecule has 1 aliphatic carbocycles. The van der Waals surface area contributed by atoms with E-state index in [0.29, 0.717) is 0 Å². The van der Waals surface area contributed by atoms with Gasteiger partial charge in [-0.25, -0.2) is 4.79 Å². The summed E-state index contributed by atoms with van der Waals surface area (Å²) in [4.78, 5) is 11.7. The van der Waals surface area contributed by atoms with Crippen molar-refractivity contribution in [2.75, 3.05) is 0 Å². The average Bonchev–Trinajstić information content (AvgIpc) is 2.77. The highest BCUT2D eigenvalue weighted by Crippen LogP contribution is 2.26. The van der Waals surface area contributed by atoms with Crippen molar-refractivity contribution in [2.45, 2.75) is 38.6 Å². The highest BCUT2D eigenvalue weighted by atomic mass is 16.2. The molecule has 1 heterocycles. The molecule has 2 rings (SSSR count). The largest absolute Gasteiger partial charge is 0.368 e. The standard InChI is InChI=1S/C9H14N4O/c1-2-7-12-9(14)13(11-10-12)8-5-3-4-6-8/h2,7-8H,3-6H2,1H3/b7-2+. The van der Waals surface area contributed by atoms with Gasteiger partial charge in [-0.15, -0.1) is 0 Å². The summed E-state index contributed by atoms with van der Waals surface area (Å²) < 4.78 is 2.78. The Morgan fingerprint density at radius 1 is 1.36 bits per heavy atom. The third kappa shape index (κ3) is 1.49. The van der Waals surface area contributed by atoms with Crippen LogP contribution in [0.4, 0.5) is 0 Å². The smallest absolute Gasteiger partial charge is 0.244 e. The first-order valence-electron chi connectivity index (χ1n) is 4.99. The minimum Gasteiger partial charge on any atom is -0.244 e. The SMILES string of the molecule is C/C=C/n1nnn(C2CCCC2)c1=O. The molecule has 0 unspecified atom stereocenters. The molecule has 1 aromatic rings. The van der Waals surface area contributed by atoms with Crippen molar-refractivity contribution in [2.24, 2.45) is 0 Å². The fraction of sp³-hybridized carbons (Fsp3) is 0.667. The van der Waals surface area contributed by atoms with Crippen LogP contribution in [0.3, 0.4) is 0 Å². The number of hydrogen-bond acceptors (Lipinski definition) is 3. The lowest BCUT2D eigenvalue weighted by atomic mass is 10.3. The maximum Gasteiger partial charge on any atom is 0.368 e. The normalized spacial score (nSPS) is 18.4. The second-order valence-electron chi connectivity index (χ2n) is 3.57. The molecule has 1 aromatic heterocycles. The van der Waals surface area contributed by atoms with E-state index in [1.165, 1.54) is 22.2 Å². The summed E-state index contributed by atoms with van der Waals surface area (Å²) in [6, 6.07) is 0.265. The van der Waals surface area contributed by atoms with Gasteiger partial charge in [-0.2, -0.15) is 9.36 Å². The Morgan fingerprint density at radius 2 is 2.07 bits per heavy atom. The quantitative estimate of drug-likeness (QED) is 0.707. The maximum atomic E-state index is 11.7. The predicted octanol–water partition coefficient (Wildman–Crippen LogP) is 1.05. The number of tetrazole rings is 1. The zero-order chi connectivity index (χ0) is 9.97. The Balaban J connectivity index is 2.30. The van der Waals surface area contributed by atoms with Gasteiger partial charge in [0.2, 0.25) is 0 Å². The lowest BCUT2D eigenvalue weighted by Crippen LogP contribution is -2.25. The van der Waals surface area contributed by atoms with E-state index in [2.05, 4.69) is 10.4 Å². The van der Waals surface area contributed by atoms with Crippen molar-refractivity contribution in [3.05, 3.63) is 16.6 Å². The molecular formula is C9H14N4O. The molecule has 0 saturated heterocycles. The molecule has 0 bridgehead atoms. The molecule has 1 aliphatic rings. The van der Waals surface area contributed by atoms with E-state index in [0.717, 1.165) is 12.8 Å². The third-order valence-electron chi connectivity index (χ3n) is 2.59. The number of hydrogen-bond donors (Lipinski definition) is 0. The van der Waals surface area contributed by atoms with Gasteiger partial charge in [-0.1, -0.05) is 18.9 Å². The van der Waals surface area contributed by atoms with Crippen LogP contribution in [0.25, 0.3) is 6.20 Å². The average molecular weight is 194 g/mol. The van der Waals surface area contributed by atoms with Crippen molar-refractivity contribution in [3.8, 4) is 0 Å². The zero-order valence-electron chi connectivity index (χ0n) is 8.26. The van der Waals surface area contributed by atoms with Crippen LogP contribution >= 0.6 is 0 Å². The molecule has 0 radical (unpaired) electrons. The van der Waals surface area contributed by atoms with Gasteiger partial charge in [0, 0.05) is 6.20 Å². The molecule has 1 fully saturated rings. The second-order valence-corrected chi connectivity index (χ2v) is 3.57. The van der Waals surface area contributed by atoms with Gasteiger partial charge in [0.05, 0.1) is 6.04 Å². The topological polar surface area (TPSA) is 52.7 Å². The van der Waals surface area contributed by atoms with Crippen molar-refractivity contribution < 1.29 is 0 Å². The van der Waals surface area contributed by atoms with Crippen molar-refractivity contribution in [1.29, 1.82) is 0 Å². The first-order chi connectivity index (χ1) is 6.83. The van der Waals surface area contributed by atoms with Gasteiger partial charge in [0.1, 0.15) is 0 Å². The van der Waals surface area contributed by atoms with E-state index in [4.69, 9.17) is 0 Å². The molecule has 0 aromatic carbocycles. The van der Waals surface area contributed by atoms with Crippen LogP contribution in [0, 0.1) is 0 Å². The van der Waals surface area contributed by atoms with E-state index in [-0.39, 0.29) is 11.7 Å². The van der Waals surface area contributed by atoms with Crippen LogP contribution in [0.2, 0.25) is 0 Å². The molecule has 0 spiro atoms. The Morgan fingerprint density at radius 3 is 2.71 bits per heavy atom. The summed E-state index contributed by atoms with van der Waals surface area (Å²) in [5.74, 6) is 0. The second kappa shape index (κ2) is 3.77. The molecule has 76 valence electrons. The molecule has 0 amide bonds. The van der Waals surface area contributed by atoms with E-state index < -0.39 is 0 Å². The fourth-order valence-electron chi connectivity index (χ4n) is 1.88. The molecule has 1 saturated carbocycles. The molecule has 0 N–H and O–H groups in total. The van der Waals surface area contributed by atoms with E-state index in [1.54, 1.807) is 12.3 Å². The third-order valence-corrected chi connectivity index (χ3v) is 2.59. The summed E-state index contributed by atoms with van der Waals surface area (Å²) in [7, 11) is 0. The van der Waals surface area contributed by atoms with Crippen molar-refractivity contribution in [1.82, 2.24) is 19.8 Å². The number of rotatable bonds is 2. The van der Waals surface area contributed by atoms with Gasteiger partial charge in [-0.05, 0) is 30.2 Å². The summed E-state index contributed by atoms with van der Waals surface area (Å²) in [6.45, 7) is 1.85. The molecule has 5 nitrogen and oxygen atoms in total. The number of aromatic nitrogens is 4. The van der Waals surface area contributed by atoms with Crippen LogP contribution in [-0.2, 0) is 0 Å². The van der Waals surface area contributed by atoms with Crippen LogP contribution in [-0.4, -0.2) is 19.8 Å². The molecular weight excluding hydrogens is 180 g/mol. The first kappa shape index (κ1) is 9.18. The van der Waals surface area contributed by atoms with Crippen LogP contribution < -0.4 is 5.69 Å². The van der Waals surface area contributed by atoms with Crippen LogP contribution in [0.15, 0.2) is 10.9 Å². The molecule has 14 heavy (non-hydrogen) atoms.